The third-order valence-corrected chi connectivity index (χ3v) is 4.55. The summed E-state index contributed by atoms with van der Waals surface area (Å²) in [6, 6.07) is -0.114. The molecule has 6 nitrogen and oxygen atoms in total. The van der Waals surface area contributed by atoms with Gasteiger partial charge in [-0.2, -0.15) is 0 Å². The molecule has 1 atom stereocenters. The van der Waals surface area contributed by atoms with Crippen LogP contribution in [0.2, 0.25) is 0 Å². The Hall–Kier alpha value is -1.30. The van der Waals surface area contributed by atoms with Gasteiger partial charge in [-0.05, 0) is 19.3 Å². The molecule has 2 amide bonds. The fourth-order valence-corrected chi connectivity index (χ4v) is 2.57. The van der Waals surface area contributed by atoms with Gasteiger partial charge in [0.15, 0.2) is 0 Å². The van der Waals surface area contributed by atoms with E-state index in [1.54, 1.807) is 18.9 Å². The molecule has 108 valence electrons. The second-order valence-corrected chi connectivity index (χ2v) is 5.69. The molecular weight excluding hydrogens is 248 g/mol. The van der Waals surface area contributed by atoms with Crippen molar-refractivity contribution in [3.63, 3.8) is 0 Å². The third kappa shape index (κ3) is 2.83. The summed E-state index contributed by atoms with van der Waals surface area (Å²) in [6.07, 6.45) is 3.12. The first-order chi connectivity index (χ1) is 8.97. The van der Waals surface area contributed by atoms with E-state index < -0.39 is 5.97 Å². The molecular formula is C13H22N2O4. The molecule has 1 unspecified atom stereocenters. The lowest BCUT2D eigenvalue weighted by molar-refractivity contribution is -0.144. The first-order valence-corrected chi connectivity index (χ1v) is 6.78. The third-order valence-electron chi connectivity index (χ3n) is 4.55. The molecule has 0 aromatic heterocycles. The molecule has 0 radical (unpaired) electrons. The van der Waals surface area contributed by atoms with Gasteiger partial charge in [-0.1, -0.05) is 6.92 Å². The molecule has 0 aromatic rings. The number of nitrogens with zero attached hydrogens (tertiary/aromatic N) is 1. The van der Waals surface area contributed by atoms with Gasteiger partial charge >= 0.3 is 12.0 Å². The van der Waals surface area contributed by atoms with Crippen molar-refractivity contribution in [3.8, 4) is 0 Å². The van der Waals surface area contributed by atoms with Crippen LogP contribution in [-0.2, 0) is 9.53 Å². The molecule has 6 heteroatoms. The number of urea groups is 1. The second kappa shape index (κ2) is 5.36. The number of carboxylic acid groups (broad SMARTS) is 1. The molecule has 1 aliphatic carbocycles. The van der Waals surface area contributed by atoms with Gasteiger partial charge in [0.25, 0.3) is 0 Å². The number of aliphatic carboxylic acids is 1. The van der Waals surface area contributed by atoms with E-state index >= 15 is 0 Å². The molecule has 2 aliphatic rings. The summed E-state index contributed by atoms with van der Waals surface area (Å²) in [6.45, 7) is 3.28. The molecule has 1 heterocycles. The monoisotopic (exact) mass is 270 g/mol. The Labute approximate surface area is 113 Å². The van der Waals surface area contributed by atoms with Crippen molar-refractivity contribution in [1.82, 2.24) is 10.2 Å². The zero-order valence-corrected chi connectivity index (χ0v) is 11.5. The molecule has 0 aromatic carbocycles. The molecule has 1 aliphatic heterocycles. The molecule has 1 saturated heterocycles. The van der Waals surface area contributed by atoms with Crippen molar-refractivity contribution < 1.29 is 19.4 Å². The van der Waals surface area contributed by atoms with E-state index in [0.29, 0.717) is 19.6 Å². The van der Waals surface area contributed by atoms with Crippen LogP contribution in [0.25, 0.3) is 0 Å². The number of ether oxygens (including phenoxy) is 1. The lowest BCUT2D eigenvalue weighted by Gasteiger charge is -2.43. The molecule has 0 spiro atoms. The summed E-state index contributed by atoms with van der Waals surface area (Å²) in [5.41, 5.74) is -0.172. The summed E-state index contributed by atoms with van der Waals surface area (Å²) < 4.78 is 5.44. The quantitative estimate of drug-likeness (QED) is 0.778. The van der Waals surface area contributed by atoms with Gasteiger partial charge < -0.3 is 20.1 Å². The van der Waals surface area contributed by atoms with E-state index in [1.807, 2.05) is 0 Å². The van der Waals surface area contributed by atoms with E-state index in [0.717, 1.165) is 19.3 Å². The molecule has 0 bridgehead atoms. The number of carboxylic acids is 1. The highest BCUT2D eigenvalue weighted by molar-refractivity contribution is 5.76. The van der Waals surface area contributed by atoms with Crippen molar-refractivity contribution in [3.05, 3.63) is 0 Å². The second-order valence-electron chi connectivity index (χ2n) is 5.69. The smallest absolute Gasteiger partial charge is 0.317 e. The maximum absolute atomic E-state index is 11.9. The van der Waals surface area contributed by atoms with Gasteiger partial charge in [0, 0.05) is 32.7 Å². The maximum atomic E-state index is 11.9. The van der Waals surface area contributed by atoms with Crippen LogP contribution < -0.4 is 5.32 Å². The number of amides is 2. The minimum atomic E-state index is -0.794. The van der Waals surface area contributed by atoms with E-state index in [-0.39, 0.29) is 23.5 Å². The highest BCUT2D eigenvalue weighted by atomic mass is 16.5. The number of likely N-dealkylation sites (tertiary alicyclic amines) is 1. The minimum Gasteiger partial charge on any atom is -0.481 e. The number of nitrogens with one attached hydrogen (secondary N) is 1. The Morgan fingerprint density at radius 3 is 2.53 bits per heavy atom. The Bertz CT molecular complexity index is 356. The zero-order valence-electron chi connectivity index (χ0n) is 11.5. The molecule has 2 fully saturated rings. The van der Waals surface area contributed by atoms with Crippen molar-refractivity contribution in [2.24, 2.45) is 11.8 Å². The summed E-state index contributed by atoms with van der Waals surface area (Å²) >= 11 is 0. The lowest BCUT2D eigenvalue weighted by Crippen LogP contribution is -2.59. The van der Waals surface area contributed by atoms with Gasteiger partial charge in [0.05, 0.1) is 11.5 Å². The first kappa shape index (κ1) is 14.1. The van der Waals surface area contributed by atoms with Crippen LogP contribution in [-0.4, -0.2) is 54.4 Å². The van der Waals surface area contributed by atoms with Crippen LogP contribution >= 0.6 is 0 Å². The van der Waals surface area contributed by atoms with Crippen molar-refractivity contribution in [2.45, 2.75) is 31.8 Å². The number of hydrogen-bond donors (Lipinski definition) is 2. The van der Waals surface area contributed by atoms with E-state index in [4.69, 9.17) is 9.84 Å². The topological polar surface area (TPSA) is 78.9 Å². The summed E-state index contributed by atoms with van der Waals surface area (Å²) in [5, 5.41) is 11.8. The van der Waals surface area contributed by atoms with E-state index in [1.165, 1.54) is 0 Å². The number of methoxy groups -OCH3 is 1. The Morgan fingerprint density at radius 1 is 1.47 bits per heavy atom. The van der Waals surface area contributed by atoms with Crippen LogP contribution in [0.1, 0.15) is 26.2 Å². The average Bonchev–Trinajstić information content (AvgIpc) is 2.25. The minimum absolute atomic E-state index is 0.0725. The number of carbonyl (C=O) groups is 2. The molecule has 1 saturated carbocycles. The molecule has 19 heavy (non-hydrogen) atoms. The van der Waals surface area contributed by atoms with Gasteiger partial charge in [0.2, 0.25) is 0 Å². The van der Waals surface area contributed by atoms with Crippen molar-refractivity contribution in [2.75, 3.05) is 26.7 Å². The Balaban J connectivity index is 1.70. The Kier molecular flexibility index (Phi) is 3.99. The summed E-state index contributed by atoms with van der Waals surface area (Å²) in [4.78, 5) is 24.4. The predicted molar refractivity (Wildman–Crippen MR) is 68.9 cm³/mol. The van der Waals surface area contributed by atoms with Crippen LogP contribution in [0.15, 0.2) is 0 Å². The first-order valence-electron chi connectivity index (χ1n) is 6.78. The molecule has 2 rings (SSSR count). The zero-order chi connectivity index (χ0) is 14.0. The number of carbonyl (C=O) groups excluding carboxylic acids is 1. The summed E-state index contributed by atoms with van der Waals surface area (Å²) in [5.74, 6) is -1.11. The highest BCUT2D eigenvalue weighted by Gasteiger charge is 2.40. The number of hydrogen-bond acceptors (Lipinski definition) is 3. The standard InChI is InChI=1S/C13H22N2O4/c1-9(11(16)17)10-6-15(7-10)12(18)14-8-13(19-2)4-3-5-13/h9-10H,3-8H2,1-2H3,(H,14,18)(H,16,17). The van der Waals surface area contributed by atoms with E-state index in [2.05, 4.69) is 5.32 Å². The van der Waals surface area contributed by atoms with Gasteiger partial charge in [-0.15, -0.1) is 0 Å². The van der Waals surface area contributed by atoms with Crippen molar-refractivity contribution >= 4 is 12.0 Å². The van der Waals surface area contributed by atoms with Crippen molar-refractivity contribution in [1.29, 1.82) is 0 Å². The van der Waals surface area contributed by atoms with Crippen LogP contribution in [0.3, 0.4) is 0 Å². The normalized spacial score (nSPS) is 23.2. The van der Waals surface area contributed by atoms with Crippen LogP contribution in [0.4, 0.5) is 4.79 Å². The van der Waals surface area contributed by atoms with Gasteiger partial charge in [0.1, 0.15) is 0 Å². The predicted octanol–water partition coefficient (Wildman–Crippen LogP) is 0.918. The van der Waals surface area contributed by atoms with Crippen LogP contribution in [0.5, 0.6) is 0 Å². The largest absolute Gasteiger partial charge is 0.481 e. The fraction of sp³-hybridized carbons (Fsp3) is 0.846. The Morgan fingerprint density at radius 2 is 2.11 bits per heavy atom. The van der Waals surface area contributed by atoms with Gasteiger partial charge in [-0.25, -0.2) is 4.79 Å². The number of rotatable bonds is 5. The van der Waals surface area contributed by atoms with Crippen LogP contribution in [0, 0.1) is 11.8 Å². The van der Waals surface area contributed by atoms with Gasteiger partial charge in [-0.3, -0.25) is 4.79 Å². The summed E-state index contributed by atoms with van der Waals surface area (Å²) in [7, 11) is 1.68. The lowest BCUT2D eigenvalue weighted by atomic mass is 9.80. The SMILES string of the molecule is COC1(CNC(=O)N2CC(C(C)C(=O)O)C2)CCC1. The molecule has 2 N–H and O–H groups in total. The van der Waals surface area contributed by atoms with E-state index in [9.17, 15) is 9.59 Å². The fourth-order valence-electron chi connectivity index (χ4n) is 2.57. The average molecular weight is 270 g/mol. The maximum Gasteiger partial charge on any atom is 0.317 e. The highest BCUT2D eigenvalue weighted by Crippen LogP contribution is 2.34.